The van der Waals surface area contributed by atoms with Gasteiger partial charge in [0.1, 0.15) is 5.69 Å². The van der Waals surface area contributed by atoms with E-state index in [9.17, 15) is 4.79 Å². The molecule has 2 nitrogen and oxygen atoms in total. The number of aryl methyl sites for hydroxylation is 1. The minimum Gasteiger partial charge on any atom is -0.292 e. The van der Waals surface area contributed by atoms with Crippen LogP contribution in [0.5, 0.6) is 0 Å². The first-order chi connectivity index (χ1) is 7.27. The molecule has 0 N–H and O–H groups in total. The number of ketones is 1. The standard InChI is InChI=1S/C13H19NO/c1-3-5-7-13(15)12-10-11(6-4-2)8-9-14-12/h8-10H,3-7H2,1-2H3. The molecule has 0 bridgehead atoms. The van der Waals surface area contributed by atoms with Crippen LogP contribution in [0.25, 0.3) is 0 Å². The molecule has 0 saturated carbocycles. The predicted octanol–water partition coefficient (Wildman–Crippen LogP) is 3.41. The Labute approximate surface area is 91.7 Å². The summed E-state index contributed by atoms with van der Waals surface area (Å²) in [5.41, 5.74) is 1.85. The number of rotatable bonds is 6. The Morgan fingerprint density at radius 2 is 2.13 bits per heavy atom. The molecule has 0 aliphatic rings. The summed E-state index contributed by atoms with van der Waals surface area (Å²) in [6.07, 6.45) is 6.51. The molecule has 0 atom stereocenters. The maximum Gasteiger partial charge on any atom is 0.181 e. The molecule has 0 radical (unpaired) electrons. The smallest absolute Gasteiger partial charge is 0.181 e. The van der Waals surface area contributed by atoms with E-state index in [0.717, 1.165) is 25.7 Å². The fraction of sp³-hybridized carbons (Fsp3) is 0.538. The minimum atomic E-state index is 0.176. The van der Waals surface area contributed by atoms with E-state index in [-0.39, 0.29) is 5.78 Å². The van der Waals surface area contributed by atoms with E-state index < -0.39 is 0 Å². The number of Topliss-reactive ketones (excluding diaryl/α,β-unsaturated/α-hetero) is 1. The van der Waals surface area contributed by atoms with E-state index in [0.29, 0.717) is 12.1 Å². The monoisotopic (exact) mass is 205 g/mol. The number of hydrogen-bond donors (Lipinski definition) is 0. The van der Waals surface area contributed by atoms with Crippen LogP contribution in [0, 0.1) is 0 Å². The van der Waals surface area contributed by atoms with Crippen molar-refractivity contribution in [3.8, 4) is 0 Å². The zero-order valence-corrected chi connectivity index (χ0v) is 9.62. The van der Waals surface area contributed by atoms with E-state index in [1.807, 2.05) is 12.1 Å². The van der Waals surface area contributed by atoms with Crippen LogP contribution in [0.1, 0.15) is 55.6 Å². The lowest BCUT2D eigenvalue weighted by Crippen LogP contribution is -2.02. The highest BCUT2D eigenvalue weighted by molar-refractivity contribution is 5.94. The molecular weight excluding hydrogens is 186 g/mol. The Kier molecular flexibility index (Phi) is 5.02. The fourth-order valence-electron chi connectivity index (χ4n) is 1.54. The molecule has 0 saturated heterocycles. The Hall–Kier alpha value is -1.18. The van der Waals surface area contributed by atoms with Crippen LogP contribution in [-0.4, -0.2) is 10.8 Å². The van der Waals surface area contributed by atoms with E-state index in [1.54, 1.807) is 6.20 Å². The number of carbonyl (C=O) groups excluding carboxylic acids is 1. The predicted molar refractivity (Wildman–Crippen MR) is 62.1 cm³/mol. The van der Waals surface area contributed by atoms with Gasteiger partial charge in [0.2, 0.25) is 0 Å². The summed E-state index contributed by atoms with van der Waals surface area (Å²) in [5, 5.41) is 0. The van der Waals surface area contributed by atoms with Gasteiger partial charge in [-0.05, 0) is 30.5 Å². The second-order valence-electron chi connectivity index (χ2n) is 3.83. The molecule has 0 fully saturated rings. The van der Waals surface area contributed by atoms with Crippen molar-refractivity contribution >= 4 is 5.78 Å². The molecule has 1 heterocycles. The summed E-state index contributed by atoms with van der Waals surface area (Å²) in [6, 6.07) is 3.92. The van der Waals surface area contributed by atoms with Crippen LogP contribution < -0.4 is 0 Å². The molecule has 1 aromatic rings. The molecule has 15 heavy (non-hydrogen) atoms. The average molecular weight is 205 g/mol. The maximum absolute atomic E-state index is 11.7. The average Bonchev–Trinajstić information content (AvgIpc) is 2.27. The number of pyridine rings is 1. The van der Waals surface area contributed by atoms with E-state index in [1.165, 1.54) is 5.56 Å². The number of hydrogen-bond acceptors (Lipinski definition) is 2. The van der Waals surface area contributed by atoms with Gasteiger partial charge in [0, 0.05) is 12.6 Å². The van der Waals surface area contributed by atoms with Gasteiger partial charge in [0.05, 0.1) is 0 Å². The van der Waals surface area contributed by atoms with E-state index >= 15 is 0 Å². The lowest BCUT2D eigenvalue weighted by Gasteiger charge is -2.02. The van der Waals surface area contributed by atoms with E-state index in [4.69, 9.17) is 0 Å². The Morgan fingerprint density at radius 3 is 2.80 bits per heavy atom. The van der Waals surface area contributed by atoms with Gasteiger partial charge in [-0.25, -0.2) is 0 Å². The van der Waals surface area contributed by atoms with Crippen molar-refractivity contribution in [2.45, 2.75) is 46.0 Å². The van der Waals surface area contributed by atoms with Crippen LogP contribution >= 0.6 is 0 Å². The van der Waals surface area contributed by atoms with Gasteiger partial charge >= 0.3 is 0 Å². The highest BCUT2D eigenvalue weighted by Crippen LogP contribution is 2.08. The normalized spacial score (nSPS) is 10.3. The summed E-state index contributed by atoms with van der Waals surface area (Å²) in [7, 11) is 0. The van der Waals surface area contributed by atoms with Crippen LogP contribution in [0.15, 0.2) is 18.3 Å². The SMILES string of the molecule is CCCCC(=O)c1cc(CCC)ccn1. The Morgan fingerprint density at radius 1 is 1.33 bits per heavy atom. The molecule has 82 valence electrons. The van der Waals surface area contributed by atoms with Gasteiger partial charge in [-0.1, -0.05) is 26.7 Å². The number of carbonyl (C=O) groups is 1. The molecule has 0 unspecified atom stereocenters. The fourth-order valence-corrected chi connectivity index (χ4v) is 1.54. The molecule has 1 rings (SSSR count). The molecule has 0 aliphatic carbocycles. The third kappa shape index (κ3) is 3.82. The zero-order chi connectivity index (χ0) is 11.1. The van der Waals surface area contributed by atoms with Crippen molar-refractivity contribution in [1.29, 1.82) is 0 Å². The van der Waals surface area contributed by atoms with Crippen molar-refractivity contribution < 1.29 is 4.79 Å². The molecule has 2 heteroatoms. The third-order valence-corrected chi connectivity index (χ3v) is 2.41. The molecular formula is C13H19NO. The van der Waals surface area contributed by atoms with Crippen molar-refractivity contribution in [2.24, 2.45) is 0 Å². The van der Waals surface area contributed by atoms with Gasteiger partial charge in [-0.15, -0.1) is 0 Å². The van der Waals surface area contributed by atoms with Gasteiger partial charge in [0.25, 0.3) is 0 Å². The summed E-state index contributed by atoms with van der Waals surface area (Å²) < 4.78 is 0. The first-order valence-electron chi connectivity index (χ1n) is 5.76. The quantitative estimate of drug-likeness (QED) is 0.666. The van der Waals surface area contributed by atoms with Crippen molar-refractivity contribution in [1.82, 2.24) is 4.98 Å². The minimum absolute atomic E-state index is 0.176. The van der Waals surface area contributed by atoms with Crippen LogP contribution in [0.3, 0.4) is 0 Å². The highest BCUT2D eigenvalue weighted by atomic mass is 16.1. The summed E-state index contributed by atoms with van der Waals surface area (Å²) in [5.74, 6) is 0.176. The van der Waals surface area contributed by atoms with Gasteiger partial charge in [-0.3, -0.25) is 9.78 Å². The summed E-state index contributed by atoms with van der Waals surface area (Å²) in [6.45, 7) is 4.23. The lowest BCUT2D eigenvalue weighted by molar-refractivity contribution is 0.0975. The lowest BCUT2D eigenvalue weighted by atomic mass is 10.1. The topological polar surface area (TPSA) is 30.0 Å². The van der Waals surface area contributed by atoms with Crippen molar-refractivity contribution in [2.75, 3.05) is 0 Å². The third-order valence-electron chi connectivity index (χ3n) is 2.41. The summed E-state index contributed by atoms with van der Waals surface area (Å²) >= 11 is 0. The molecule has 1 aromatic heterocycles. The molecule has 0 amide bonds. The second kappa shape index (κ2) is 6.33. The summed E-state index contributed by atoms with van der Waals surface area (Å²) in [4.78, 5) is 15.8. The van der Waals surface area contributed by atoms with Gasteiger partial charge < -0.3 is 0 Å². The molecule has 0 aliphatic heterocycles. The molecule has 0 aromatic carbocycles. The number of unbranched alkanes of at least 4 members (excludes halogenated alkanes) is 1. The van der Waals surface area contributed by atoms with E-state index in [2.05, 4.69) is 18.8 Å². The van der Waals surface area contributed by atoms with Crippen molar-refractivity contribution in [3.05, 3.63) is 29.6 Å². The Bertz CT molecular complexity index is 320. The van der Waals surface area contributed by atoms with Crippen molar-refractivity contribution in [3.63, 3.8) is 0 Å². The first kappa shape index (κ1) is 11.9. The molecule has 0 spiro atoms. The number of nitrogens with zero attached hydrogens (tertiary/aromatic N) is 1. The number of aromatic nitrogens is 1. The van der Waals surface area contributed by atoms with Crippen LogP contribution in [-0.2, 0) is 6.42 Å². The van der Waals surface area contributed by atoms with Crippen LogP contribution in [0.4, 0.5) is 0 Å². The zero-order valence-electron chi connectivity index (χ0n) is 9.62. The van der Waals surface area contributed by atoms with Crippen LogP contribution in [0.2, 0.25) is 0 Å². The maximum atomic E-state index is 11.7. The highest BCUT2D eigenvalue weighted by Gasteiger charge is 2.06. The second-order valence-corrected chi connectivity index (χ2v) is 3.83. The Balaban J connectivity index is 2.67. The van der Waals surface area contributed by atoms with Gasteiger partial charge in [-0.2, -0.15) is 0 Å². The largest absolute Gasteiger partial charge is 0.292 e. The first-order valence-corrected chi connectivity index (χ1v) is 5.76. The van der Waals surface area contributed by atoms with Gasteiger partial charge in [0.15, 0.2) is 5.78 Å².